The topological polar surface area (TPSA) is 40.5 Å². The molecular weight excluding hydrogens is 340 g/mol. The Morgan fingerprint density at radius 3 is 2.59 bits per heavy atom. The summed E-state index contributed by atoms with van der Waals surface area (Å²) in [4.78, 5) is 0.274. The van der Waals surface area contributed by atoms with Crippen molar-refractivity contribution in [2.24, 2.45) is 34.5 Å². The highest BCUT2D eigenvalue weighted by atomic mass is 79.9. The number of rotatable bonds is 0. The van der Waals surface area contributed by atoms with Gasteiger partial charge >= 0.3 is 0 Å². The Balaban J connectivity index is 1.67. The summed E-state index contributed by atoms with van der Waals surface area (Å²) in [7, 11) is 0. The molecule has 0 amide bonds. The van der Waals surface area contributed by atoms with Crippen molar-refractivity contribution in [2.45, 2.75) is 69.4 Å². The Bertz CT molecular complexity index is 492. The Labute approximate surface area is 142 Å². The van der Waals surface area contributed by atoms with Crippen LogP contribution in [0.4, 0.5) is 0 Å². The van der Waals surface area contributed by atoms with Crippen molar-refractivity contribution < 1.29 is 10.2 Å². The molecule has 2 nitrogen and oxygen atoms in total. The average Bonchev–Trinajstić information content (AvgIpc) is 2.72. The second kappa shape index (κ2) is 5.07. The molecule has 0 aromatic carbocycles. The highest BCUT2D eigenvalue weighted by molar-refractivity contribution is 9.09. The Kier molecular flexibility index (Phi) is 3.61. The molecule has 0 aromatic rings. The molecule has 4 rings (SSSR count). The fourth-order valence-corrected chi connectivity index (χ4v) is 7.74. The zero-order valence-corrected chi connectivity index (χ0v) is 15.3. The van der Waals surface area contributed by atoms with Crippen molar-refractivity contribution in [1.29, 1.82) is 0 Å². The molecule has 9 atom stereocenters. The van der Waals surface area contributed by atoms with Crippen molar-refractivity contribution in [1.82, 2.24) is 0 Å². The lowest BCUT2D eigenvalue weighted by Crippen LogP contribution is -2.53. The Morgan fingerprint density at radius 1 is 1.05 bits per heavy atom. The van der Waals surface area contributed by atoms with Crippen molar-refractivity contribution in [3.8, 4) is 0 Å². The number of aliphatic hydroxyl groups excluding tert-OH is 2. The summed E-state index contributed by atoms with van der Waals surface area (Å²) in [6.45, 7) is 4.77. The predicted octanol–water partition coefficient (Wildman–Crippen LogP) is 3.90. The van der Waals surface area contributed by atoms with Crippen LogP contribution in [0.3, 0.4) is 0 Å². The quantitative estimate of drug-likeness (QED) is 0.502. The van der Waals surface area contributed by atoms with Gasteiger partial charge in [-0.05, 0) is 73.0 Å². The first-order valence-corrected chi connectivity index (χ1v) is 9.97. The summed E-state index contributed by atoms with van der Waals surface area (Å²) in [5.41, 5.74) is 0.370. The molecule has 3 heteroatoms. The maximum atomic E-state index is 10.7. The van der Waals surface area contributed by atoms with Gasteiger partial charge in [-0.25, -0.2) is 0 Å². The number of hydrogen-bond donors (Lipinski definition) is 2. The number of allylic oxidation sites excluding steroid dienone is 1. The lowest BCUT2D eigenvalue weighted by atomic mass is 9.46. The van der Waals surface area contributed by atoms with Gasteiger partial charge < -0.3 is 10.2 Å². The van der Waals surface area contributed by atoms with Crippen LogP contribution in [0.1, 0.15) is 52.4 Å². The maximum absolute atomic E-state index is 10.7. The van der Waals surface area contributed by atoms with Crippen LogP contribution in [-0.4, -0.2) is 27.2 Å². The fraction of sp³-hybridized carbons (Fsp3) is 0.895. The average molecular weight is 369 g/mol. The number of hydrogen-bond acceptors (Lipinski definition) is 2. The third-order valence-electron chi connectivity index (χ3n) is 8.10. The van der Waals surface area contributed by atoms with Gasteiger partial charge in [-0.2, -0.15) is 0 Å². The number of halogens is 1. The fourth-order valence-electron chi connectivity index (χ4n) is 6.73. The van der Waals surface area contributed by atoms with Gasteiger partial charge in [0.25, 0.3) is 0 Å². The van der Waals surface area contributed by atoms with Crippen LogP contribution in [0.25, 0.3) is 0 Å². The van der Waals surface area contributed by atoms with Gasteiger partial charge in [0.2, 0.25) is 0 Å². The van der Waals surface area contributed by atoms with E-state index in [0.717, 1.165) is 31.1 Å². The standard InChI is InChI=1S/C19H29BrO2/c1-18-7-5-12(21)9-11(18)3-4-13-14(18)6-8-19(2)15(13)10-16(20)17(19)22/h5,7,11-17,21-22H,3-4,6,8-10H2,1-2H3/t11-,12-,13+,14-,15-,16-,17?,18-,19-/m0/s1. The van der Waals surface area contributed by atoms with E-state index in [1.54, 1.807) is 0 Å². The first-order chi connectivity index (χ1) is 10.4. The molecule has 2 N–H and O–H groups in total. The van der Waals surface area contributed by atoms with Crippen molar-refractivity contribution in [3.05, 3.63) is 12.2 Å². The molecule has 124 valence electrons. The summed E-state index contributed by atoms with van der Waals surface area (Å²) in [5.74, 6) is 2.78. The van der Waals surface area contributed by atoms with E-state index in [0.29, 0.717) is 11.8 Å². The monoisotopic (exact) mass is 368 g/mol. The minimum Gasteiger partial charge on any atom is -0.391 e. The lowest BCUT2D eigenvalue weighted by molar-refractivity contribution is -0.0991. The molecule has 3 fully saturated rings. The predicted molar refractivity (Wildman–Crippen MR) is 91.7 cm³/mol. The van der Waals surface area contributed by atoms with Crippen LogP contribution in [0, 0.1) is 34.5 Å². The van der Waals surface area contributed by atoms with E-state index in [-0.39, 0.29) is 27.9 Å². The van der Waals surface area contributed by atoms with Gasteiger partial charge in [0.15, 0.2) is 0 Å². The molecule has 3 saturated carbocycles. The van der Waals surface area contributed by atoms with Crippen LogP contribution in [0.5, 0.6) is 0 Å². The molecule has 0 saturated heterocycles. The second-order valence-corrected chi connectivity index (χ2v) is 10.1. The van der Waals surface area contributed by atoms with Crippen molar-refractivity contribution in [2.75, 3.05) is 0 Å². The zero-order valence-electron chi connectivity index (χ0n) is 13.7. The number of aliphatic hydroxyl groups is 2. The molecule has 1 unspecified atom stereocenters. The van der Waals surface area contributed by atoms with E-state index < -0.39 is 0 Å². The molecule has 0 bridgehead atoms. The van der Waals surface area contributed by atoms with Gasteiger partial charge in [0, 0.05) is 4.83 Å². The summed E-state index contributed by atoms with van der Waals surface area (Å²) >= 11 is 3.74. The smallest absolute Gasteiger partial charge is 0.0724 e. The molecule has 0 heterocycles. The third-order valence-corrected chi connectivity index (χ3v) is 8.98. The van der Waals surface area contributed by atoms with E-state index in [9.17, 15) is 10.2 Å². The van der Waals surface area contributed by atoms with E-state index in [4.69, 9.17) is 0 Å². The molecule has 0 aliphatic heterocycles. The third kappa shape index (κ3) is 1.97. The SMILES string of the molecule is C[C@]12C=C[C@H](O)C[C@@H]1CC[C@@H]1[C@@H]2CC[C@]2(C)C(O)[C@@H](Br)C[C@@H]12. The van der Waals surface area contributed by atoms with E-state index in [2.05, 4.69) is 35.9 Å². The van der Waals surface area contributed by atoms with Crippen molar-refractivity contribution in [3.63, 3.8) is 0 Å². The number of fused-ring (bicyclic) bond motifs is 5. The molecule has 0 aromatic heterocycles. The number of alkyl halides is 1. The van der Waals surface area contributed by atoms with Gasteiger partial charge in [0.1, 0.15) is 0 Å². The molecule has 4 aliphatic rings. The van der Waals surface area contributed by atoms with Crippen molar-refractivity contribution >= 4 is 15.9 Å². The molecule has 0 spiro atoms. The molecule has 0 radical (unpaired) electrons. The van der Waals surface area contributed by atoms with Crippen LogP contribution in [0.15, 0.2) is 12.2 Å². The minimum absolute atomic E-state index is 0.108. The molecular formula is C19H29BrO2. The molecule has 22 heavy (non-hydrogen) atoms. The summed E-state index contributed by atoms with van der Waals surface area (Å²) in [5, 5.41) is 20.7. The lowest BCUT2D eigenvalue weighted by Gasteiger charge is -2.59. The normalized spacial score (nSPS) is 60.5. The van der Waals surface area contributed by atoms with Gasteiger partial charge in [-0.3, -0.25) is 0 Å². The first kappa shape index (κ1) is 15.7. The first-order valence-electron chi connectivity index (χ1n) is 9.06. The molecule has 4 aliphatic carbocycles. The Hall–Kier alpha value is 0.140. The van der Waals surface area contributed by atoms with Gasteiger partial charge in [-0.1, -0.05) is 41.9 Å². The van der Waals surface area contributed by atoms with Crippen LogP contribution in [-0.2, 0) is 0 Å². The van der Waals surface area contributed by atoms with E-state index >= 15 is 0 Å². The van der Waals surface area contributed by atoms with Crippen LogP contribution in [0.2, 0.25) is 0 Å². The minimum atomic E-state index is -0.233. The Morgan fingerprint density at radius 2 is 1.82 bits per heavy atom. The highest BCUT2D eigenvalue weighted by Gasteiger charge is 2.61. The maximum Gasteiger partial charge on any atom is 0.0724 e. The summed E-state index contributed by atoms with van der Waals surface area (Å²) < 4.78 is 0. The van der Waals surface area contributed by atoms with Crippen LogP contribution < -0.4 is 0 Å². The van der Waals surface area contributed by atoms with Gasteiger partial charge in [0.05, 0.1) is 12.2 Å². The summed E-state index contributed by atoms with van der Waals surface area (Å²) in [6, 6.07) is 0. The van der Waals surface area contributed by atoms with E-state index in [1.807, 2.05) is 6.08 Å². The highest BCUT2D eigenvalue weighted by Crippen LogP contribution is 2.65. The van der Waals surface area contributed by atoms with Gasteiger partial charge in [-0.15, -0.1) is 0 Å². The largest absolute Gasteiger partial charge is 0.391 e. The second-order valence-electron chi connectivity index (χ2n) is 8.92. The van der Waals surface area contributed by atoms with E-state index in [1.165, 1.54) is 19.3 Å². The summed E-state index contributed by atoms with van der Waals surface area (Å²) in [6.07, 6.45) is 11.0. The van der Waals surface area contributed by atoms with Crippen LogP contribution >= 0.6 is 15.9 Å². The zero-order chi connectivity index (χ0) is 15.7.